The van der Waals surface area contributed by atoms with E-state index in [0.29, 0.717) is 5.56 Å². The van der Waals surface area contributed by atoms with Crippen LogP contribution in [0.5, 0.6) is 0 Å². The number of benzene rings is 1. The lowest BCUT2D eigenvalue weighted by molar-refractivity contribution is 0.0599. The summed E-state index contributed by atoms with van der Waals surface area (Å²) < 4.78 is 4.69. The number of aryl methyl sites for hydroxylation is 1. The van der Waals surface area contributed by atoms with E-state index in [2.05, 4.69) is 4.74 Å². The van der Waals surface area contributed by atoms with Gasteiger partial charge in [-0.15, -0.1) is 0 Å². The summed E-state index contributed by atoms with van der Waals surface area (Å²) in [5.74, 6) is -0.363. The van der Waals surface area contributed by atoms with Gasteiger partial charge in [0.05, 0.1) is 18.8 Å². The topological polar surface area (TPSA) is 46.5 Å². The van der Waals surface area contributed by atoms with Crippen molar-refractivity contribution in [2.24, 2.45) is 0 Å². The maximum absolute atomic E-state index is 11.5. The van der Waals surface area contributed by atoms with Gasteiger partial charge in [-0.2, -0.15) is 0 Å². The molecule has 3 heteroatoms. The summed E-state index contributed by atoms with van der Waals surface area (Å²) in [7, 11) is 1.35. The van der Waals surface area contributed by atoms with Gasteiger partial charge in [-0.25, -0.2) is 4.79 Å². The second-order valence-corrected chi connectivity index (χ2v) is 3.68. The number of rotatable bonds is 2. The number of methoxy groups -OCH3 is 1. The number of esters is 1. The second-order valence-electron chi connectivity index (χ2n) is 3.68. The van der Waals surface area contributed by atoms with E-state index in [1.807, 2.05) is 19.9 Å². The molecule has 0 amide bonds. The van der Waals surface area contributed by atoms with E-state index < -0.39 is 6.10 Å². The van der Waals surface area contributed by atoms with Crippen molar-refractivity contribution >= 4 is 5.97 Å². The average Bonchev–Trinajstić information content (AvgIpc) is 2.20. The molecular formula is C12H16O3. The predicted octanol–water partition coefficient (Wildman–Crippen LogP) is 2.14. The lowest BCUT2D eigenvalue weighted by Crippen LogP contribution is -2.07. The van der Waals surface area contributed by atoms with E-state index in [0.717, 1.165) is 16.7 Å². The van der Waals surface area contributed by atoms with Gasteiger partial charge >= 0.3 is 5.97 Å². The number of hydrogen-bond acceptors (Lipinski definition) is 3. The van der Waals surface area contributed by atoms with Crippen molar-refractivity contribution < 1.29 is 14.6 Å². The Balaban J connectivity index is 3.31. The highest BCUT2D eigenvalue weighted by atomic mass is 16.5. The average molecular weight is 208 g/mol. The molecule has 0 aliphatic heterocycles. The molecule has 0 aliphatic rings. The molecule has 0 spiro atoms. The van der Waals surface area contributed by atoms with Crippen molar-refractivity contribution in [2.75, 3.05) is 7.11 Å². The molecule has 1 aromatic carbocycles. The van der Waals surface area contributed by atoms with Crippen LogP contribution in [0.15, 0.2) is 12.1 Å². The fourth-order valence-electron chi connectivity index (χ4n) is 1.45. The van der Waals surface area contributed by atoms with Gasteiger partial charge < -0.3 is 9.84 Å². The number of carbonyl (C=O) groups is 1. The highest BCUT2D eigenvalue weighted by Crippen LogP contribution is 2.21. The number of aliphatic hydroxyl groups is 1. The van der Waals surface area contributed by atoms with Crippen molar-refractivity contribution in [1.29, 1.82) is 0 Å². The maximum atomic E-state index is 11.5. The molecular weight excluding hydrogens is 192 g/mol. The number of aliphatic hydroxyl groups excluding tert-OH is 1. The number of hydrogen-bond donors (Lipinski definition) is 1. The van der Waals surface area contributed by atoms with Crippen molar-refractivity contribution in [3.05, 3.63) is 34.4 Å². The first-order valence-corrected chi connectivity index (χ1v) is 4.85. The standard InChI is InChI=1S/C12H16O3/c1-7-5-10(9(3)13)6-11(8(7)2)12(14)15-4/h5-6,9,13H,1-4H3. The first kappa shape index (κ1) is 11.7. The van der Waals surface area contributed by atoms with Crippen LogP contribution in [-0.4, -0.2) is 18.2 Å². The Bertz CT molecular complexity index is 381. The zero-order valence-corrected chi connectivity index (χ0v) is 9.50. The molecule has 1 unspecified atom stereocenters. The van der Waals surface area contributed by atoms with Crippen LogP contribution >= 0.6 is 0 Å². The van der Waals surface area contributed by atoms with Crippen molar-refractivity contribution in [1.82, 2.24) is 0 Å². The Hall–Kier alpha value is -1.35. The lowest BCUT2D eigenvalue weighted by Gasteiger charge is -2.12. The van der Waals surface area contributed by atoms with Crippen LogP contribution in [-0.2, 0) is 4.74 Å². The number of carbonyl (C=O) groups excluding carboxylic acids is 1. The van der Waals surface area contributed by atoms with Crippen molar-refractivity contribution in [3.8, 4) is 0 Å². The van der Waals surface area contributed by atoms with Gasteiger partial charge in [-0.1, -0.05) is 6.07 Å². The molecule has 0 heterocycles. The molecule has 0 radical (unpaired) electrons. The van der Waals surface area contributed by atoms with E-state index in [-0.39, 0.29) is 5.97 Å². The van der Waals surface area contributed by atoms with Gasteiger partial charge in [-0.3, -0.25) is 0 Å². The van der Waals surface area contributed by atoms with E-state index in [1.54, 1.807) is 13.0 Å². The van der Waals surface area contributed by atoms with Crippen LogP contribution in [0, 0.1) is 13.8 Å². The minimum Gasteiger partial charge on any atom is -0.465 e. The molecule has 0 fully saturated rings. The summed E-state index contributed by atoms with van der Waals surface area (Å²) in [6, 6.07) is 3.56. The first-order chi connectivity index (χ1) is 6.97. The van der Waals surface area contributed by atoms with Crippen LogP contribution in [0.3, 0.4) is 0 Å². The third-order valence-corrected chi connectivity index (χ3v) is 2.58. The Kier molecular flexibility index (Phi) is 3.48. The maximum Gasteiger partial charge on any atom is 0.338 e. The SMILES string of the molecule is COC(=O)c1cc(C(C)O)cc(C)c1C. The first-order valence-electron chi connectivity index (χ1n) is 4.85. The van der Waals surface area contributed by atoms with Crippen LogP contribution in [0.4, 0.5) is 0 Å². The molecule has 3 nitrogen and oxygen atoms in total. The van der Waals surface area contributed by atoms with Gasteiger partial charge in [0.1, 0.15) is 0 Å². The number of ether oxygens (including phenoxy) is 1. The van der Waals surface area contributed by atoms with Gasteiger partial charge in [-0.05, 0) is 43.5 Å². The molecule has 0 bridgehead atoms. The predicted molar refractivity (Wildman–Crippen MR) is 57.9 cm³/mol. The second kappa shape index (κ2) is 4.45. The van der Waals surface area contributed by atoms with E-state index in [4.69, 9.17) is 0 Å². The molecule has 0 aromatic heterocycles. The summed E-state index contributed by atoms with van der Waals surface area (Å²) in [4.78, 5) is 11.5. The highest BCUT2D eigenvalue weighted by molar-refractivity contribution is 5.91. The minimum absolute atomic E-state index is 0.363. The summed E-state index contributed by atoms with van der Waals surface area (Å²) in [5, 5.41) is 9.47. The molecule has 82 valence electrons. The van der Waals surface area contributed by atoms with E-state index in [1.165, 1.54) is 7.11 Å². The van der Waals surface area contributed by atoms with Crippen LogP contribution in [0.1, 0.15) is 40.1 Å². The zero-order valence-electron chi connectivity index (χ0n) is 9.50. The smallest absolute Gasteiger partial charge is 0.338 e. The Labute approximate surface area is 89.7 Å². The van der Waals surface area contributed by atoms with Gasteiger partial charge in [0.2, 0.25) is 0 Å². The van der Waals surface area contributed by atoms with Crippen molar-refractivity contribution in [2.45, 2.75) is 26.9 Å². The Morgan fingerprint density at radius 2 is 2.00 bits per heavy atom. The summed E-state index contributed by atoms with van der Waals surface area (Å²) in [6.07, 6.45) is -0.576. The monoisotopic (exact) mass is 208 g/mol. The van der Waals surface area contributed by atoms with Crippen LogP contribution in [0.25, 0.3) is 0 Å². The van der Waals surface area contributed by atoms with Gasteiger partial charge in [0.15, 0.2) is 0 Å². The fraction of sp³-hybridized carbons (Fsp3) is 0.417. The third kappa shape index (κ3) is 2.36. The highest BCUT2D eigenvalue weighted by Gasteiger charge is 2.14. The van der Waals surface area contributed by atoms with E-state index >= 15 is 0 Å². The lowest BCUT2D eigenvalue weighted by atomic mass is 9.97. The molecule has 15 heavy (non-hydrogen) atoms. The Morgan fingerprint density at radius 1 is 1.40 bits per heavy atom. The Morgan fingerprint density at radius 3 is 2.47 bits per heavy atom. The molecule has 1 N–H and O–H groups in total. The largest absolute Gasteiger partial charge is 0.465 e. The molecule has 0 aliphatic carbocycles. The van der Waals surface area contributed by atoms with Gasteiger partial charge in [0, 0.05) is 0 Å². The van der Waals surface area contributed by atoms with Crippen LogP contribution < -0.4 is 0 Å². The summed E-state index contributed by atoms with van der Waals surface area (Å²) in [6.45, 7) is 5.45. The molecule has 0 saturated heterocycles. The normalized spacial score (nSPS) is 12.3. The van der Waals surface area contributed by atoms with E-state index in [9.17, 15) is 9.90 Å². The molecule has 0 saturated carbocycles. The zero-order chi connectivity index (χ0) is 11.6. The summed E-state index contributed by atoms with van der Waals surface area (Å²) in [5.41, 5.74) is 3.13. The van der Waals surface area contributed by atoms with Gasteiger partial charge in [0.25, 0.3) is 0 Å². The molecule has 1 aromatic rings. The van der Waals surface area contributed by atoms with Crippen LogP contribution in [0.2, 0.25) is 0 Å². The minimum atomic E-state index is -0.576. The van der Waals surface area contributed by atoms with Crippen molar-refractivity contribution in [3.63, 3.8) is 0 Å². The third-order valence-electron chi connectivity index (χ3n) is 2.58. The molecule has 1 atom stereocenters. The summed E-state index contributed by atoms with van der Waals surface area (Å²) >= 11 is 0. The quantitative estimate of drug-likeness (QED) is 0.757. The fourth-order valence-corrected chi connectivity index (χ4v) is 1.45. The molecule has 1 rings (SSSR count).